The van der Waals surface area contributed by atoms with Gasteiger partial charge < -0.3 is 9.73 Å². The van der Waals surface area contributed by atoms with Gasteiger partial charge >= 0.3 is 6.01 Å². The van der Waals surface area contributed by atoms with Crippen LogP contribution in [0.3, 0.4) is 0 Å². The zero-order valence-corrected chi connectivity index (χ0v) is 10.8. The topological polar surface area (TPSA) is 51.0 Å². The molecule has 2 aliphatic carbocycles. The molecular formula is C12H18ClN3O. The Kier molecular flexibility index (Phi) is 2.99. The van der Waals surface area contributed by atoms with Crippen LogP contribution in [0.2, 0.25) is 0 Å². The van der Waals surface area contributed by atoms with E-state index in [4.69, 9.17) is 16.0 Å². The lowest BCUT2D eigenvalue weighted by Crippen LogP contribution is -2.18. The van der Waals surface area contributed by atoms with Crippen LogP contribution in [-0.4, -0.2) is 16.7 Å². The highest BCUT2D eigenvalue weighted by Gasteiger charge is 2.41. The van der Waals surface area contributed by atoms with Gasteiger partial charge in [-0.3, -0.25) is 0 Å². The van der Waals surface area contributed by atoms with Crippen LogP contribution in [0.15, 0.2) is 4.42 Å². The number of alkyl halides is 1. The highest BCUT2D eigenvalue weighted by atomic mass is 35.5. The van der Waals surface area contributed by atoms with Crippen molar-refractivity contribution in [2.75, 3.05) is 11.9 Å². The van der Waals surface area contributed by atoms with Gasteiger partial charge in [-0.25, -0.2) is 0 Å². The molecule has 3 rings (SSSR count). The first-order valence-corrected chi connectivity index (χ1v) is 6.89. The van der Waals surface area contributed by atoms with Gasteiger partial charge in [0.15, 0.2) is 0 Å². The molecule has 1 heterocycles. The number of halogens is 1. The summed E-state index contributed by atoms with van der Waals surface area (Å²) in [6.07, 6.45) is 5.60. The van der Waals surface area contributed by atoms with Crippen LogP contribution in [0.25, 0.3) is 0 Å². The predicted octanol–water partition coefficient (Wildman–Crippen LogP) is 3.22. The smallest absolute Gasteiger partial charge is 0.315 e. The number of hydrogen-bond acceptors (Lipinski definition) is 4. The molecule has 0 bridgehead atoms. The summed E-state index contributed by atoms with van der Waals surface area (Å²) in [4.78, 5) is 0. The molecule has 2 saturated carbocycles. The Bertz CT molecular complexity index is 373. The van der Waals surface area contributed by atoms with Gasteiger partial charge in [0, 0.05) is 6.54 Å². The normalized spacial score (nSPS) is 21.8. The van der Waals surface area contributed by atoms with Crippen molar-refractivity contribution in [1.82, 2.24) is 10.2 Å². The average Bonchev–Trinajstić information content (AvgIpc) is 3.20. The van der Waals surface area contributed by atoms with E-state index in [1.54, 1.807) is 0 Å². The van der Waals surface area contributed by atoms with Crippen LogP contribution in [-0.2, 0) is 0 Å². The van der Waals surface area contributed by atoms with Crippen molar-refractivity contribution >= 4 is 17.6 Å². The molecule has 4 nitrogen and oxygen atoms in total. The first-order chi connectivity index (χ1) is 8.24. The van der Waals surface area contributed by atoms with E-state index in [-0.39, 0.29) is 5.38 Å². The van der Waals surface area contributed by atoms with Crippen LogP contribution in [0.1, 0.15) is 43.9 Å². The standard InChI is InChI=1S/C12H18ClN3O/c1-7(13)11-15-16-12(17-11)14-6-10(8-2-3-8)9-4-5-9/h7-10H,2-6H2,1H3,(H,14,16). The first kappa shape index (κ1) is 11.3. The Morgan fingerprint density at radius 1 is 1.29 bits per heavy atom. The third kappa shape index (κ3) is 2.73. The Labute approximate surface area is 106 Å². The summed E-state index contributed by atoms with van der Waals surface area (Å²) < 4.78 is 5.43. The second-order valence-electron chi connectivity index (χ2n) is 5.28. The van der Waals surface area contributed by atoms with E-state index in [0.717, 1.165) is 24.3 Å². The van der Waals surface area contributed by atoms with E-state index in [9.17, 15) is 0 Å². The third-order valence-corrected chi connectivity index (χ3v) is 3.91. The van der Waals surface area contributed by atoms with E-state index < -0.39 is 0 Å². The number of nitrogens with zero attached hydrogens (tertiary/aromatic N) is 2. The third-order valence-electron chi connectivity index (χ3n) is 3.72. The Balaban J connectivity index is 1.54. The number of rotatable bonds is 6. The zero-order valence-electron chi connectivity index (χ0n) is 10.0. The fourth-order valence-electron chi connectivity index (χ4n) is 2.44. The molecule has 1 atom stereocenters. The molecule has 1 aromatic heterocycles. The molecule has 5 heteroatoms. The Hall–Kier alpha value is -0.770. The maximum atomic E-state index is 5.88. The minimum absolute atomic E-state index is 0.222. The van der Waals surface area contributed by atoms with Crippen molar-refractivity contribution in [1.29, 1.82) is 0 Å². The molecule has 0 radical (unpaired) electrons. The SMILES string of the molecule is CC(Cl)c1nnc(NCC(C2CC2)C2CC2)o1. The quantitative estimate of drug-likeness (QED) is 0.793. The molecule has 0 amide bonds. The summed E-state index contributed by atoms with van der Waals surface area (Å²) in [6, 6.07) is 0.513. The van der Waals surface area contributed by atoms with E-state index in [1.165, 1.54) is 25.7 Å². The van der Waals surface area contributed by atoms with Crippen molar-refractivity contribution in [3.63, 3.8) is 0 Å². The van der Waals surface area contributed by atoms with Gasteiger partial charge in [0.25, 0.3) is 0 Å². The van der Waals surface area contributed by atoms with Crippen molar-refractivity contribution in [2.45, 2.75) is 38.0 Å². The summed E-state index contributed by atoms with van der Waals surface area (Å²) in [6.45, 7) is 2.80. The highest BCUT2D eigenvalue weighted by Crippen LogP contribution is 2.49. The molecule has 0 aromatic carbocycles. The molecule has 0 aliphatic heterocycles. The minimum Gasteiger partial charge on any atom is -0.407 e. The van der Waals surface area contributed by atoms with E-state index in [2.05, 4.69) is 15.5 Å². The largest absolute Gasteiger partial charge is 0.407 e. The van der Waals surface area contributed by atoms with Crippen molar-refractivity contribution < 1.29 is 4.42 Å². The van der Waals surface area contributed by atoms with Gasteiger partial charge in [-0.1, -0.05) is 5.10 Å². The molecule has 0 spiro atoms. The van der Waals surface area contributed by atoms with Crippen LogP contribution >= 0.6 is 11.6 Å². The molecule has 1 aromatic rings. The fourth-order valence-corrected chi connectivity index (χ4v) is 2.53. The monoisotopic (exact) mass is 255 g/mol. The molecule has 2 aliphatic rings. The number of nitrogens with one attached hydrogen (secondary N) is 1. The number of anilines is 1. The lowest BCUT2D eigenvalue weighted by molar-refractivity contribution is 0.419. The van der Waals surface area contributed by atoms with Crippen LogP contribution in [0.5, 0.6) is 0 Å². The molecule has 94 valence electrons. The maximum Gasteiger partial charge on any atom is 0.315 e. The fraction of sp³-hybridized carbons (Fsp3) is 0.833. The average molecular weight is 256 g/mol. The molecular weight excluding hydrogens is 238 g/mol. The van der Waals surface area contributed by atoms with E-state index in [1.807, 2.05) is 6.92 Å². The number of hydrogen-bond donors (Lipinski definition) is 1. The lowest BCUT2D eigenvalue weighted by Gasteiger charge is -2.14. The molecule has 17 heavy (non-hydrogen) atoms. The summed E-state index contributed by atoms with van der Waals surface area (Å²) >= 11 is 5.88. The van der Waals surface area contributed by atoms with Gasteiger partial charge in [0.2, 0.25) is 5.89 Å². The summed E-state index contributed by atoms with van der Waals surface area (Å²) in [5, 5.41) is 10.9. The first-order valence-electron chi connectivity index (χ1n) is 6.45. The Morgan fingerprint density at radius 3 is 2.41 bits per heavy atom. The van der Waals surface area contributed by atoms with Gasteiger partial charge in [-0.2, -0.15) is 0 Å². The zero-order chi connectivity index (χ0) is 11.8. The Morgan fingerprint density at radius 2 is 1.94 bits per heavy atom. The van der Waals surface area contributed by atoms with Gasteiger partial charge in [-0.05, 0) is 50.4 Å². The van der Waals surface area contributed by atoms with Gasteiger partial charge in [0.1, 0.15) is 5.38 Å². The summed E-state index contributed by atoms with van der Waals surface area (Å²) in [5.41, 5.74) is 0. The van der Waals surface area contributed by atoms with Crippen molar-refractivity contribution in [2.24, 2.45) is 17.8 Å². The molecule has 1 N–H and O–H groups in total. The molecule has 1 unspecified atom stereocenters. The molecule has 2 fully saturated rings. The predicted molar refractivity (Wildman–Crippen MR) is 66.0 cm³/mol. The minimum atomic E-state index is -0.222. The lowest BCUT2D eigenvalue weighted by atomic mass is 9.98. The second-order valence-corrected chi connectivity index (χ2v) is 5.94. The second kappa shape index (κ2) is 4.48. The van der Waals surface area contributed by atoms with Crippen LogP contribution in [0, 0.1) is 17.8 Å². The van der Waals surface area contributed by atoms with E-state index in [0.29, 0.717) is 11.9 Å². The maximum absolute atomic E-state index is 5.88. The summed E-state index contributed by atoms with van der Waals surface area (Å²) in [7, 11) is 0. The highest BCUT2D eigenvalue weighted by molar-refractivity contribution is 6.20. The van der Waals surface area contributed by atoms with Crippen molar-refractivity contribution in [3.05, 3.63) is 5.89 Å². The van der Waals surface area contributed by atoms with Crippen molar-refractivity contribution in [3.8, 4) is 0 Å². The van der Waals surface area contributed by atoms with Gasteiger partial charge in [0.05, 0.1) is 0 Å². The van der Waals surface area contributed by atoms with Crippen LogP contribution < -0.4 is 5.32 Å². The van der Waals surface area contributed by atoms with Crippen LogP contribution in [0.4, 0.5) is 6.01 Å². The molecule has 0 saturated heterocycles. The van der Waals surface area contributed by atoms with E-state index >= 15 is 0 Å². The van der Waals surface area contributed by atoms with Gasteiger partial charge in [-0.15, -0.1) is 16.7 Å². The number of aromatic nitrogens is 2. The summed E-state index contributed by atoms with van der Waals surface area (Å²) in [5.74, 6) is 3.16.